The summed E-state index contributed by atoms with van der Waals surface area (Å²) in [6, 6.07) is 19.1. The number of hydrogen-bond acceptors (Lipinski definition) is 7. The van der Waals surface area contributed by atoms with Crippen molar-refractivity contribution < 1.29 is 18.7 Å². The molecule has 0 fully saturated rings. The molecule has 1 aliphatic rings. The summed E-state index contributed by atoms with van der Waals surface area (Å²) in [4.78, 5) is 18.2. The smallest absolute Gasteiger partial charge is 0.253 e. The number of thioether (sulfide) groups is 1. The average Bonchev–Trinajstić information content (AvgIpc) is 3.64. The van der Waals surface area contributed by atoms with Crippen LogP contribution in [-0.4, -0.2) is 52.8 Å². The Morgan fingerprint density at radius 3 is 2.69 bits per heavy atom. The highest BCUT2D eigenvalue weighted by molar-refractivity contribution is 7.99. The summed E-state index contributed by atoms with van der Waals surface area (Å²) in [6.07, 6.45) is 2.19. The van der Waals surface area contributed by atoms with Crippen LogP contribution in [0.15, 0.2) is 81.6 Å². The molecular weight excluding hydrogens is 464 g/mol. The summed E-state index contributed by atoms with van der Waals surface area (Å²) in [5.74, 6) is 1.58. The normalized spacial score (nSPS) is 15.5. The third kappa shape index (κ3) is 4.82. The van der Waals surface area contributed by atoms with Crippen molar-refractivity contribution in [3.63, 3.8) is 0 Å². The van der Waals surface area contributed by atoms with Crippen molar-refractivity contribution in [3.05, 3.63) is 78.3 Å². The molecule has 1 atom stereocenters. The largest absolute Gasteiger partial charge is 0.497 e. The fourth-order valence-corrected chi connectivity index (χ4v) is 5.05. The number of carbonyl (C=O) groups excluding carboxylic acids is 1. The fourth-order valence-electron chi connectivity index (χ4n) is 4.16. The monoisotopic (exact) mass is 490 g/mol. The van der Waals surface area contributed by atoms with Crippen molar-refractivity contribution in [3.8, 4) is 5.75 Å². The van der Waals surface area contributed by atoms with E-state index in [9.17, 15) is 4.79 Å². The highest BCUT2D eigenvalue weighted by Gasteiger charge is 2.35. The van der Waals surface area contributed by atoms with Crippen molar-refractivity contribution in [2.24, 2.45) is 5.10 Å². The van der Waals surface area contributed by atoms with Gasteiger partial charge in [0.25, 0.3) is 5.91 Å². The Labute approximate surface area is 207 Å². The average molecular weight is 491 g/mol. The first-order valence-electron chi connectivity index (χ1n) is 11.3. The van der Waals surface area contributed by atoms with Gasteiger partial charge >= 0.3 is 0 Å². The Morgan fingerprint density at radius 2 is 1.94 bits per heavy atom. The van der Waals surface area contributed by atoms with Gasteiger partial charge in [-0.25, -0.2) is 9.99 Å². The standard InChI is InChI=1S/C26H26N4O4S/c1-32-15-13-29-22-7-4-3-6-20(22)27-26(29)35-17-25(31)30-23(24-8-5-14-34-24)16-21(28-30)18-9-11-19(33-2)12-10-18/h3-12,14,23H,13,15-17H2,1-2H3. The van der Waals surface area contributed by atoms with Crippen LogP contribution in [0, 0.1) is 0 Å². The lowest BCUT2D eigenvalue weighted by atomic mass is 10.0. The molecule has 0 aliphatic carbocycles. The number of hydrogen-bond donors (Lipinski definition) is 0. The lowest BCUT2D eigenvalue weighted by molar-refractivity contribution is -0.130. The number of aromatic nitrogens is 2. The zero-order chi connectivity index (χ0) is 24.2. The quantitative estimate of drug-likeness (QED) is 0.315. The van der Waals surface area contributed by atoms with E-state index in [2.05, 4.69) is 4.57 Å². The van der Waals surface area contributed by atoms with Gasteiger partial charge in [0, 0.05) is 20.1 Å². The SMILES string of the molecule is COCCn1c(SCC(=O)N2N=C(c3ccc(OC)cc3)CC2c2ccco2)nc2ccccc21. The van der Waals surface area contributed by atoms with Gasteiger partial charge in [0.2, 0.25) is 0 Å². The maximum Gasteiger partial charge on any atom is 0.253 e. The Bertz CT molecular complexity index is 1330. The topological polar surface area (TPSA) is 82.1 Å². The summed E-state index contributed by atoms with van der Waals surface area (Å²) in [5, 5.41) is 7.05. The van der Waals surface area contributed by atoms with Gasteiger partial charge in [0.1, 0.15) is 17.6 Å². The van der Waals surface area contributed by atoms with Crippen LogP contribution in [0.4, 0.5) is 0 Å². The van der Waals surface area contributed by atoms with Gasteiger partial charge in [-0.05, 0) is 54.1 Å². The van der Waals surface area contributed by atoms with Crippen LogP contribution in [0.3, 0.4) is 0 Å². The third-order valence-electron chi connectivity index (χ3n) is 5.92. The molecule has 0 radical (unpaired) electrons. The van der Waals surface area contributed by atoms with E-state index in [1.807, 2.05) is 60.7 Å². The maximum absolute atomic E-state index is 13.4. The van der Waals surface area contributed by atoms with E-state index in [4.69, 9.17) is 24.0 Å². The molecule has 3 heterocycles. The van der Waals surface area contributed by atoms with Crippen LogP contribution in [-0.2, 0) is 16.1 Å². The third-order valence-corrected chi connectivity index (χ3v) is 6.89. The second-order valence-corrected chi connectivity index (χ2v) is 9.01. The lowest BCUT2D eigenvalue weighted by Crippen LogP contribution is -2.28. The highest BCUT2D eigenvalue weighted by atomic mass is 32.2. The summed E-state index contributed by atoms with van der Waals surface area (Å²) in [6.45, 7) is 1.22. The lowest BCUT2D eigenvalue weighted by Gasteiger charge is -2.19. The minimum absolute atomic E-state index is 0.106. The first kappa shape index (κ1) is 23.2. The van der Waals surface area contributed by atoms with Crippen molar-refractivity contribution in [2.45, 2.75) is 24.2 Å². The maximum atomic E-state index is 13.4. The van der Waals surface area contributed by atoms with E-state index in [1.165, 1.54) is 11.8 Å². The van der Waals surface area contributed by atoms with Gasteiger partial charge in [0.15, 0.2) is 5.16 Å². The van der Waals surface area contributed by atoms with Crippen molar-refractivity contribution in [1.82, 2.24) is 14.6 Å². The van der Waals surface area contributed by atoms with Gasteiger partial charge in [-0.15, -0.1) is 0 Å². The van der Waals surface area contributed by atoms with Crippen LogP contribution in [0.1, 0.15) is 23.8 Å². The van der Waals surface area contributed by atoms with Crippen LogP contribution < -0.4 is 4.74 Å². The summed E-state index contributed by atoms with van der Waals surface area (Å²) in [5.41, 5.74) is 3.70. The van der Waals surface area contributed by atoms with Crippen LogP contribution in [0.25, 0.3) is 11.0 Å². The molecule has 2 aromatic heterocycles. The number of amides is 1. The Balaban J connectivity index is 1.38. The minimum atomic E-state index is -0.289. The molecule has 9 heteroatoms. The number of benzene rings is 2. The first-order chi connectivity index (χ1) is 17.2. The van der Waals surface area contributed by atoms with Gasteiger partial charge < -0.3 is 18.5 Å². The van der Waals surface area contributed by atoms with Gasteiger partial charge in [0.05, 0.1) is 42.5 Å². The molecule has 180 valence electrons. The summed E-state index contributed by atoms with van der Waals surface area (Å²) in [7, 11) is 3.31. The Morgan fingerprint density at radius 1 is 1.11 bits per heavy atom. The molecule has 1 aliphatic heterocycles. The minimum Gasteiger partial charge on any atom is -0.497 e. The fraction of sp³-hybridized carbons (Fsp3) is 0.269. The molecule has 4 aromatic rings. The number of para-hydroxylation sites is 2. The van der Waals surface area contributed by atoms with Crippen molar-refractivity contribution in [1.29, 1.82) is 0 Å². The second kappa shape index (κ2) is 10.4. The van der Waals surface area contributed by atoms with Gasteiger partial charge in [-0.1, -0.05) is 23.9 Å². The number of nitrogens with zero attached hydrogens (tertiary/aromatic N) is 4. The molecule has 2 aromatic carbocycles. The van der Waals surface area contributed by atoms with Crippen LogP contribution >= 0.6 is 11.8 Å². The number of carbonyl (C=O) groups is 1. The molecule has 1 unspecified atom stereocenters. The number of hydrazone groups is 1. The number of imidazole rings is 1. The second-order valence-electron chi connectivity index (χ2n) is 8.07. The number of fused-ring (bicyclic) bond motifs is 1. The number of ether oxygens (including phenoxy) is 2. The van der Waals surface area contributed by atoms with E-state index < -0.39 is 0 Å². The summed E-state index contributed by atoms with van der Waals surface area (Å²) >= 11 is 1.41. The molecule has 8 nitrogen and oxygen atoms in total. The molecule has 0 spiro atoms. The van der Waals surface area contributed by atoms with Crippen molar-refractivity contribution in [2.75, 3.05) is 26.6 Å². The van der Waals surface area contributed by atoms with Crippen molar-refractivity contribution >= 4 is 34.4 Å². The van der Waals surface area contributed by atoms with E-state index in [0.717, 1.165) is 33.2 Å². The number of methoxy groups -OCH3 is 2. The molecule has 0 N–H and O–H groups in total. The molecule has 1 amide bonds. The number of rotatable bonds is 9. The molecule has 0 saturated carbocycles. The molecular formula is C26H26N4O4S. The van der Waals surface area contributed by atoms with Gasteiger partial charge in [-0.3, -0.25) is 4.79 Å². The zero-order valence-corrected chi connectivity index (χ0v) is 20.4. The van der Waals surface area contributed by atoms with Crippen LogP contribution in [0.2, 0.25) is 0 Å². The molecule has 35 heavy (non-hydrogen) atoms. The Hall–Kier alpha value is -3.56. The highest BCUT2D eigenvalue weighted by Crippen LogP contribution is 2.34. The zero-order valence-electron chi connectivity index (χ0n) is 19.6. The van der Waals surface area contributed by atoms with Gasteiger partial charge in [-0.2, -0.15) is 5.10 Å². The van der Waals surface area contributed by atoms with E-state index >= 15 is 0 Å². The van der Waals surface area contributed by atoms with E-state index in [0.29, 0.717) is 25.3 Å². The Kier molecular flexibility index (Phi) is 6.87. The first-order valence-corrected chi connectivity index (χ1v) is 12.3. The number of furan rings is 1. The predicted octanol–water partition coefficient (Wildman–Crippen LogP) is 4.75. The molecule has 5 rings (SSSR count). The predicted molar refractivity (Wildman–Crippen MR) is 135 cm³/mol. The van der Waals surface area contributed by atoms with Crippen LogP contribution in [0.5, 0.6) is 5.75 Å². The summed E-state index contributed by atoms with van der Waals surface area (Å²) < 4.78 is 18.3. The molecule has 0 saturated heterocycles. The molecule has 0 bridgehead atoms. The van der Waals surface area contributed by atoms with E-state index in [-0.39, 0.29) is 17.7 Å². The van der Waals surface area contributed by atoms with E-state index in [1.54, 1.807) is 25.5 Å².